The fourth-order valence-corrected chi connectivity index (χ4v) is 2.77. The first kappa shape index (κ1) is 20.3. The molecule has 144 valence electrons. The molecule has 1 heterocycles. The molecular formula is C18H27FN4O3. The lowest BCUT2D eigenvalue weighted by molar-refractivity contribution is -0.131. The SMILES string of the molecule is COCCNCC(=O)N1CCN(CCNC(=O)c2ccccc2F)CC1. The van der Waals surface area contributed by atoms with Crippen LogP contribution in [0, 0.1) is 5.82 Å². The maximum atomic E-state index is 13.6. The van der Waals surface area contributed by atoms with Gasteiger partial charge in [0.1, 0.15) is 5.82 Å². The third kappa shape index (κ3) is 6.36. The molecule has 0 saturated carbocycles. The largest absolute Gasteiger partial charge is 0.383 e. The molecule has 1 aliphatic rings. The maximum absolute atomic E-state index is 13.6. The van der Waals surface area contributed by atoms with Crippen LogP contribution in [0.3, 0.4) is 0 Å². The van der Waals surface area contributed by atoms with Gasteiger partial charge in [-0.1, -0.05) is 12.1 Å². The maximum Gasteiger partial charge on any atom is 0.254 e. The van der Waals surface area contributed by atoms with Gasteiger partial charge in [0, 0.05) is 52.9 Å². The Hall–Kier alpha value is -2.03. The second-order valence-electron chi connectivity index (χ2n) is 6.13. The number of amides is 2. The number of nitrogens with one attached hydrogen (secondary N) is 2. The first-order valence-electron chi connectivity index (χ1n) is 8.84. The van der Waals surface area contributed by atoms with Crippen molar-refractivity contribution in [1.29, 1.82) is 0 Å². The first-order valence-corrected chi connectivity index (χ1v) is 8.84. The van der Waals surface area contributed by atoms with Gasteiger partial charge in [-0.15, -0.1) is 0 Å². The standard InChI is InChI=1S/C18H27FN4O3/c1-26-13-7-20-14-17(24)23-11-9-22(10-12-23)8-6-21-18(25)15-4-2-3-5-16(15)19/h2-5,20H,6-14H2,1H3,(H,21,25). The van der Waals surface area contributed by atoms with Crippen molar-refractivity contribution in [2.75, 3.05) is 66.1 Å². The summed E-state index contributed by atoms with van der Waals surface area (Å²) in [5, 5.41) is 5.79. The number of piperazine rings is 1. The molecule has 2 rings (SSSR count). The van der Waals surface area contributed by atoms with Crippen molar-refractivity contribution in [3.63, 3.8) is 0 Å². The number of nitrogens with zero attached hydrogens (tertiary/aromatic N) is 2. The smallest absolute Gasteiger partial charge is 0.254 e. The second kappa shape index (κ2) is 10.8. The van der Waals surface area contributed by atoms with E-state index in [2.05, 4.69) is 15.5 Å². The van der Waals surface area contributed by atoms with E-state index >= 15 is 0 Å². The highest BCUT2D eigenvalue weighted by Gasteiger charge is 2.20. The highest BCUT2D eigenvalue weighted by Crippen LogP contribution is 2.06. The molecule has 26 heavy (non-hydrogen) atoms. The normalized spacial score (nSPS) is 15.1. The van der Waals surface area contributed by atoms with Crippen LogP contribution in [-0.2, 0) is 9.53 Å². The summed E-state index contributed by atoms with van der Waals surface area (Å²) >= 11 is 0. The van der Waals surface area contributed by atoms with Crippen LogP contribution in [0.25, 0.3) is 0 Å². The van der Waals surface area contributed by atoms with E-state index in [1.54, 1.807) is 19.2 Å². The zero-order chi connectivity index (χ0) is 18.8. The van der Waals surface area contributed by atoms with Gasteiger partial charge in [0.2, 0.25) is 5.91 Å². The van der Waals surface area contributed by atoms with Crippen LogP contribution in [0.5, 0.6) is 0 Å². The number of ether oxygens (including phenoxy) is 1. The van der Waals surface area contributed by atoms with E-state index in [1.807, 2.05) is 4.90 Å². The molecule has 2 amide bonds. The Kier molecular flexibility index (Phi) is 8.46. The van der Waals surface area contributed by atoms with Crippen molar-refractivity contribution in [3.8, 4) is 0 Å². The Morgan fingerprint density at radius 2 is 1.88 bits per heavy atom. The first-order chi connectivity index (χ1) is 12.6. The predicted molar refractivity (Wildman–Crippen MR) is 96.5 cm³/mol. The van der Waals surface area contributed by atoms with E-state index in [0.717, 1.165) is 13.1 Å². The minimum atomic E-state index is -0.517. The van der Waals surface area contributed by atoms with Crippen molar-refractivity contribution < 1.29 is 18.7 Å². The molecule has 1 fully saturated rings. The molecule has 1 aromatic carbocycles. The zero-order valence-electron chi connectivity index (χ0n) is 15.2. The van der Waals surface area contributed by atoms with Gasteiger partial charge in [0.25, 0.3) is 5.91 Å². The molecule has 0 spiro atoms. The van der Waals surface area contributed by atoms with E-state index in [-0.39, 0.29) is 11.5 Å². The highest BCUT2D eigenvalue weighted by atomic mass is 19.1. The van der Waals surface area contributed by atoms with Crippen LogP contribution >= 0.6 is 0 Å². The lowest BCUT2D eigenvalue weighted by Crippen LogP contribution is -2.52. The third-order valence-electron chi connectivity index (χ3n) is 4.32. The quantitative estimate of drug-likeness (QED) is 0.599. The van der Waals surface area contributed by atoms with Gasteiger partial charge in [-0.25, -0.2) is 4.39 Å². The van der Waals surface area contributed by atoms with E-state index in [1.165, 1.54) is 12.1 Å². The molecule has 0 aliphatic carbocycles. The number of carbonyl (C=O) groups excluding carboxylic acids is 2. The summed E-state index contributed by atoms with van der Waals surface area (Å²) < 4.78 is 18.5. The fraction of sp³-hybridized carbons (Fsp3) is 0.556. The van der Waals surface area contributed by atoms with Crippen molar-refractivity contribution in [3.05, 3.63) is 35.6 Å². The Bertz CT molecular complexity index is 592. The summed E-state index contributed by atoms with van der Waals surface area (Å²) in [7, 11) is 1.63. The van der Waals surface area contributed by atoms with Gasteiger partial charge in [0.15, 0.2) is 0 Å². The van der Waals surface area contributed by atoms with Crippen LogP contribution in [0.2, 0.25) is 0 Å². The highest BCUT2D eigenvalue weighted by molar-refractivity contribution is 5.94. The summed E-state index contributed by atoms with van der Waals surface area (Å²) in [6.45, 7) is 5.55. The summed E-state index contributed by atoms with van der Waals surface area (Å²) in [5.74, 6) is -0.830. The molecule has 2 N–H and O–H groups in total. The Balaban J connectivity index is 1.62. The molecular weight excluding hydrogens is 339 g/mol. The Morgan fingerprint density at radius 3 is 2.58 bits per heavy atom. The van der Waals surface area contributed by atoms with E-state index < -0.39 is 11.7 Å². The monoisotopic (exact) mass is 366 g/mol. The molecule has 0 bridgehead atoms. The fourth-order valence-electron chi connectivity index (χ4n) is 2.77. The van der Waals surface area contributed by atoms with Crippen molar-refractivity contribution in [2.24, 2.45) is 0 Å². The predicted octanol–water partition coefficient (Wildman–Crippen LogP) is -0.0643. The van der Waals surface area contributed by atoms with Gasteiger partial charge in [-0.05, 0) is 12.1 Å². The second-order valence-corrected chi connectivity index (χ2v) is 6.13. The Morgan fingerprint density at radius 1 is 1.15 bits per heavy atom. The zero-order valence-corrected chi connectivity index (χ0v) is 15.2. The molecule has 7 nitrogen and oxygen atoms in total. The molecule has 1 aliphatic heterocycles. The molecule has 1 aromatic rings. The van der Waals surface area contributed by atoms with Crippen LogP contribution < -0.4 is 10.6 Å². The summed E-state index contributed by atoms with van der Waals surface area (Å²) in [6, 6.07) is 5.93. The molecule has 0 radical (unpaired) electrons. The van der Waals surface area contributed by atoms with E-state index in [0.29, 0.717) is 45.9 Å². The number of methoxy groups -OCH3 is 1. The van der Waals surface area contributed by atoms with E-state index in [9.17, 15) is 14.0 Å². The number of carbonyl (C=O) groups is 2. The van der Waals surface area contributed by atoms with Gasteiger partial charge < -0.3 is 20.3 Å². The number of rotatable bonds is 9. The van der Waals surface area contributed by atoms with Crippen LogP contribution in [0.15, 0.2) is 24.3 Å². The van der Waals surface area contributed by atoms with Crippen LogP contribution in [0.1, 0.15) is 10.4 Å². The minimum Gasteiger partial charge on any atom is -0.383 e. The summed E-state index contributed by atoms with van der Waals surface area (Å²) in [4.78, 5) is 28.1. The summed E-state index contributed by atoms with van der Waals surface area (Å²) in [5.41, 5.74) is 0.0592. The van der Waals surface area contributed by atoms with E-state index in [4.69, 9.17) is 4.74 Å². The van der Waals surface area contributed by atoms with Crippen LogP contribution in [-0.4, -0.2) is 87.7 Å². The average molecular weight is 366 g/mol. The van der Waals surface area contributed by atoms with Gasteiger partial charge in [-0.2, -0.15) is 0 Å². The topological polar surface area (TPSA) is 73.9 Å². The van der Waals surface area contributed by atoms with Gasteiger partial charge in [-0.3, -0.25) is 14.5 Å². The minimum absolute atomic E-state index is 0.0592. The van der Waals surface area contributed by atoms with Gasteiger partial charge in [0.05, 0.1) is 18.7 Å². The molecule has 0 atom stereocenters. The van der Waals surface area contributed by atoms with Crippen molar-refractivity contribution >= 4 is 11.8 Å². The molecule has 0 aromatic heterocycles. The molecule has 1 saturated heterocycles. The number of halogens is 1. The van der Waals surface area contributed by atoms with Crippen LogP contribution in [0.4, 0.5) is 4.39 Å². The van der Waals surface area contributed by atoms with Crippen molar-refractivity contribution in [1.82, 2.24) is 20.4 Å². The molecule has 8 heteroatoms. The van der Waals surface area contributed by atoms with Gasteiger partial charge >= 0.3 is 0 Å². The lowest BCUT2D eigenvalue weighted by atomic mass is 10.2. The lowest BCUT2D eigenvalue weighted by Gasteiger charge is -2.34. The Labute approximate surface area is 153 Å². The molecule has 0 unspecified atom stereocenters. The number of benzene rings is 1. The number of hydrogen-bond donors (Lipinski definition) is 2. The van der Waals surface area contributed by atoms with Crippen molar-refractivity contribution in [2.45, 2.75) is 0 Å². The number of hydrogen-bond acceptors (Lipinski definition) is 5. The summed E-state index contributed by atoms with van der Waals surface area (Å²) in [6.07, 6.45) is 0. The third-order valence-corrected chi connectivity index (χ3v) is 4.32. The average Bonchev–Trinajstić information content (AvgIpc) is 2.66.